The van der Waals surface area contributed by atoms with E-state index in [1.165, 1.54) is 24.5 Å². The Morgan fingerprint density at radius 2 is 2.16 bits per heavy atom. The van der Waals surface area contributed by atoms with Gasteiger partial charge in [0.2, 0.25) is 0 Å². The number of aromatic nitrogens is 2. The van der Waals surface area contributed by atoms with Gasteiger partial charge in [0.1, 0.15) is 6.07 Å². The number of benzene rings is 1. The molecule has 0 aliphatic carbocycles. The van der Waals surface area contributed by atoms with Crippen molar-refractivity contribution in [1.29, 1.82) is 5.26 Å². The van der Waals surface area contributed by atoms with Gasteiger partial charge in [-0.15, -0.1) is 0 Å². The van der Waals surface area contributed by atoms with Crippen molar-refractivity contribution in [1.82, 2.24) is 9.97 Å². The molecule has 19 heavy (non-hydrogen) atoms. The zero-order chi connectivity index (χ0) is 13.7. The number of ether oxygens (including phenoxy) is 1. The van der Waals surface area contributed by atoms with Gasteiger partial charge in [-0.2, -0.15) is 5.26 Å². The third kappa shape index (κ3) is 2.96. The summed E-state index contributed by atoms with van der Waals surface area (Å²) in [6.45, 7) is 2.18. The van der Waals surface area contributed by atoms with Gasteiger partial charge in [0.15, 0.2) is 23.1 Å². The Morgan fingerprint density at radius 3 is 2.84 bits per heavy atom. The second-order valence-corrected chi connectivity index (χ2v) is 3.57. The zero-order valence-corrected chi connectivity index (χ0v) is 10.2. The summed E-state index contributed by atoms with van der Waals surface area (Å²) >= 11 is 0. The molecule has 6 heteroatoms. The first-order valence-corrected chi connectivity index (χ1v) is 5.65. The summed E-state index contributed by atoms with van der Waals surface area (Å²) in [7, 11) is 0. The van der Waals surface area contributed by atoms with E-state index in [9.17, 15) is 4.39 Å². The molecular formula is C13H11FN4O. The lowest BCUT2D eigenvalue weighted by molar-refractivity contribution is 0.321. The molecule has 5 nitrogen and oxygen atoms in total. The number of rotatable bonds is 4. The molecule has 0 bridgehead atoms. The van der Waals surface area contributed by atoms with Crippen LogP contribution in [0.5, 0.6) is 5.75 Å². The lowest BCUT2D eigenvalue weighted by atomic mass is 10.3. The van der Waals surface area contributed by atoms with Crippen LogP contribution in [0, 0.1) is 17.1 Å². The maximum atomic E-state index is 13.7. The van der Waals surface area contributed by atoms with Gasteiger partial charge in [-0.05, 0) is 19.1 Å². The van der Waals surface area contributed by atoms with Gasteiger partial charge in [-0.25, -0.2) is 14.4 Å². The fraction of sp³-hybridized carbons (Fsp3) is 0.154. The second kappa shape index (κ2) is 5.78. The van der Waals surface area contributed by atoms with Crippen molar-refractivity contribution in [2.45, 2.75) is 6.92 Å². The fourth-order valence-electron chi connectivity index (χ4n) is 1.50. The highest BCUT2D eigenvalue weighted by atomic mass is 19.1. The Morgan fingerprint density at radius 1 is 1.37 bits per heavy atom. The highest BCUT2D eigenvalue weighted by Gasteiger charge is 2.07. The summed E-state index contributed by atoms with van der Waals surface area (Å²) in [4.78, 5) is 7.84. The molecule has 0 radical (unpaired) electrons. The number of hydrogen-bond acceptors (Lipinski definition) is 5. The van der Waals surface area contributed by atoms with Gasteiger partial charge in [0, 0.05) is 24.1 Å². The highest BCUT2D eigenvalue weighted by Crippen LogP contribution is 2.23. The van der Waals surface area contributed by atoms with Crippen molar-refractivity contribution in [3.05, 3.63) is 42.1 Å². The first-order chi connectivity index (χ1) is 9.24. The lowest BCUT2D eigenvalue weighted by Crippen LogP contribution is -2.00. The molecule has 2 aromatic rings. The molecule has 96 valence electrons. The maximum Gasteiger partial charge on any atom is 0.183 e. The van der Waals surface area contributed by atoms with Crippen molar-refractivity contribution in [2.24, 2.45) is 0 Å². The largest absolute Gasteiger partial charge is 0.491 e. The van der Waals surface area contributed by atoms with E-state index in [2.05, 4.69) is 15.3 Å². The van der Waals surface area contributed by atoms with Crippen LogP contribution in [-0.2, 0) is 0 Å². The molecule has 0 aliphatic heterocycles. The van der Waals surface area contributed by atoms with Crippen molar-refractivity contribution in [3.8, 4) is 11.8 Å². The smallest absolute Gasteiger partial charge is 0.183 e. The van der Waals surface area contributed by atoms with E-state index in [-0.39, 0.29) is 17.3 Å². The van der Waals surface area contributed by atoms with Gasteiger partial charge in [0.05, 0.1) is 6.61 Å². The Hall–Kier alpha value is -2.68. The summed E-state index contributed by atoms with van der Waals surface area (Å²) in [6.07, 6.45) is 2.87. The predicted molar refractivity (Wildman–Crippen MR) is 67.6 cm³/mol. The standard InChI is InChI=1S/C13H11FN4O/c1-2-19-12-4-3-9(7-10(12)14)18-13-11(8-15)16-5-6-17-13/h3-7H,2H2,1H3,(H,17,18). The van der Waals surface area contributed by atoms with Gasteiger partial charge in [-0.1, -0.05) is 0 Å². The van der Waals surface area contributed by atoms with Crippen LogP contribution < -0.4 is 10.1 Å². The van der Waals surface area contributed by atoms with E-state index in [1.54, 1.807) is 13.0 Å². The quantitative estimate of drug-likeness (QED) is 0.912. The van der Waals surface area contributed by atoms with Crippen molar-refractivity contribution in [3.63, 3.8) is 0 Å². The summed E-state index contributed by atoms with van der Waals surface area (Å²) < 4.78 is 18.8. The first-order valence-electron chi connectivity index (χ1n) is 5.65. The third-order valence-corrected chi connectivity index (χ3v) is 2.30. The van der Waals surface area contributed by atoms with Crippen molar-refractivity contribution < 1.29 is 9.13 Å². The van der Waals surface area contributed by atoms with E-state index < -0.39 is 5.82 Å². The molecule has 0 amide bonds. The first kappa shape index (κ1) is 12.8. The van der Waals surface area contributed by atoms with Crippen molar-refractivity contribution in [2.75, 3.05) is 11.9 Å². The molecule has 0 saturated carbocycles. The number of nitrogens with one attached hydrogen (secondary N) is 1. The summed E-state index contributed by atoms with van der Waals surface area (Å²) in [5.41, 5.74) is 0.620. The fourth-order valence-corrected chi connectivity index (χ4v) is 1.50. The Kier molecular flexibility index (Phi) is 3.88. The summed E-state index contributed by atoms with van der Waals surface area (Å²) in [6, 6.07) is 6.35. The van der Waals surface area contributed by atoms with E-state index in [0.29, 0.717) is 12.3 Å². The number of hydrogen-bond donors (Lipinski definition) is 1. The van der Waals surface area contributed by atoms with E-state index in [4.69, 9.17) is 10.00 Å². The monoisotopic (exact) mass is 258 g/mol. The molecule has 1 aromatic carbocycles. The van der Waals surface area contributed by atoms with Crippen LogP contribution in [0.1, 0.15) is 12.6 Å². The molecule has 0 atom stereocenters. The third-order valence-electron chi connectivity index (χ3n) is 2.30. The highest BCUT2D eigenvalue weighted by molar-refractivity contribution is 5.61. The minimum atomic E-state index is -0.478. The molecule has 0 unspecified atom stereocenters. The van der Waals surface area contributed by atoms with Gasteiger partial charge >= 0.3 is 0 Å². The summed E-state index contributed by atoms with van der Waals surface area (Å²) in [5, 5.41) is 11.7. The lowest BCUT2D eigenvalue weighted by Gasteiger charge is -2.09. The van der Waals surface area contributed by atoms with E-state index >= 15 is 0 Å². The van der Waals surface area contributed by atoms with Crippen LogP contribution in [0.2, 0.25) is 0 Å². The van der Waals surface area contributed by atoms with Gasteiger partial charge in [-0.3, -0.25) is 0 Å². The average Bonchev–Trinajstić information content (AvgIpc) is 2.43. The Bertz CT molecular complexity index is 624. The molecular weight excluding hydrogens is 247 g/mol. The molecule has 0 saturated heterocycles. The number of halogens is 1. The molecule has 0 aliphatic rings. The molecule has 0 fully saturated rings. The van der Waals surface area contributed by atoms with Crippen LogP contribution in [0.3, 0.4) is 0 Å². The average molecular weight is 258 g/mol. The predicted octanol–water partition coefficient (Wildman–Crippen LogP) is 2.63. The van der Waals surface area contributed by atoms with E-state index in [0.717, 1.165) is 0 Å². The molecule has 2 rings (SSSR count). The molecule has 1 heterocycles. The van der Waals surface area contributed by atoms with Gasteiger partial charge < -0.3 is 10.1 Å². The number of nitriles is 1. The topological polar surface area (TPSA) is 70.8 Å². The van der Waals surface area contributed by atoms with Gasteiger partial charge in [0.25, 0.3) is 0 Å². The normalized spacial score (nSPS) is 9.74. The molecule has 0 spiro atoms. The van der Waals surface area contributed by atoms with Crippen LogP contribution in [0.15, 0.2) is 30.6 Å². The molecule has 1 aromatic heterocycles. The number of nitrogens with zero attached hydrogens (tertiary/aromatic N) is 3. The minimum Gasteiger partial charge on any atom is -0.491 e. The SMILES string of the molecule is CCOc1ccc(Nc2nccnc2C#N)cc1F. The second-order valence-electron chi connectivity index (χ2n) is 3.57. The number of anilines is 2. The van der Waals surface area contributed by atoms with Crippen LogP contribution in [-0.4, -0.2) is 16.6 Å². The minimum absolute atomic E-state index is 0.150. The maximum absolute atomic E-state index is 13.7. The van der Waals surface area contributed by atoms with Crippen molar-refractivity contribution >= 4 is 11.5 Å². The van der Waals surface area contributed by atoms with Crippen LogP contribution in [0.25, 0.3) is 0 Å². The van der Waals surface area contributed by atoms with Crippen LogP contribution in [0.4, 0.5) is 15.9 Å². The Labute approximate surface area is 109 Å². The molecule has 1 N–H and O–H groups in total. The summed E-state index contributed by atoms with van der Waals surface area (Å²) in [5.74, 6) is -0.00416. The zero-order valence-electron chi connectivity index (χ0n) is 10.2. The van der Waals surface area contributed by atoms with E-state index in [1.807, 2.05) is 6.07 Å². The Balaban J connectivity index is 2.24. The van der Waals surface area contributed by atoms with Crippen LogP contribution >= 0.6 is 0 Å².